The maximum absolute atomic E-state index is 6.65. The third-order valence-corrected chi connectivity index (χ3v) is 7.67. The molecule has 186 valence electrons. The van der Waals surface area contributed by atoms with Gasteiger partial charge in [0.2, 0.25) is 0 Å². The molecule has 2 aromatic carbocycles. The van der Waals surface area contributed by atoms with Gasteiger partial charge in [0.1, 0.15) is 12.4 Å². The molecule has 0 saturated carbocycles. The highest BCUT2D eigenvalue weighted by molar-refractivity contribution is 6.36. The summed E-state index contributed by atoms with van der Waals surface area (Å²) in [5.41, 5.74) is 9.30. The minimum atomic E-state index is 0.415. The zero-order valence-electron chi connectivity index (χ0n) is 20.7. The number of rotatable bonds is 8. The van der Waals surface area contributed by atoms with E-state index in [1.807, 2.05) is 12.1 Å². The van der Waals surface area contributed by atoms with Gasteiger partial charge in [-0.3, -0.25) is 0 Å². The second-order valence-corrected chi connectivity index (χ2v) is 9.90. The molecule has 1 aromatic heterocycles. The number of hydrogen-bond acceptors (Lipinski definition) is 7. The van der Waals surface area contributed by atoms with E-state index in [9.17, 15) is 0 Å². The molecule has 35 heavy (non-hydrogen) atoms. The Balaban J connectivity index is 1.49. The number of benzene rings is 2. The molecule has 1 fully saturated rings. The van der Waals surface area contributed by atoms with Crippen LogP contribution < -0.4 is 20.3 Å². The second-order valence-electron chi connectivity index (χ2n) is 9.50. The van der Waals surface area contributed by atoms with E-state index in [0.717, 1.165) is 72.0 Å². The second kappa shape index (κ2) is 10.6. The molecular formula is C27H35ClN6O. The molecule has 3 heterocycles. The van der Waals surface area contributed by atoms with Crippen LogP contribution in [0.2, 0.25) is 5.02 Å². The van der Waals surface area contributed by atoms with Crippen molar-refractivity contribution in [3.05, 3.63) is 52.7 Å². The van der Waals surface area contributed by atoms with Crippen molar-refractivity contribution < 1.29 is 4.74 Å². The van der Waals surface area contributed by atoms with Crippen molar-refractivity contribution in [3.63, 3.8) is 0 Å². The summed E-state index contributed by atoms with van der Waals surface area (Å²) in [6.45, 7) is 7.62. The molecule has 2 N–H and O–H groups in total. The Labute approximate surface area is 212 Å². The van der Waals surface area contributed by atoms with E-state index in [2.05, 4.69) is 52.9 Å². The van der Waals surface area contributed by atoms with E-state index < -0.39 is 0 Å². The van der Waals surface area contributed by atoms with Crippen LogP contribution in [0.1, 0.15) is 31.0 Å². The predicted octanol–water partition coefficient (Wildman–Crippen LogP) is 4.10. The number of likely N-dealkylation sites (tertiary alicyclic amines) is 1. The number of nitrogens with two attached hydrogens (primary N) is 1. The molecule has 1 saturated heterocycles. The highest BCUT2D eigenvalue weighted by atomic mass is 35.5. The molecule has 2 aliphatic rings. The molecule has 0 spiro atoms. The quantitative estimate of drug-likeness (QED) is 0.505. The normalized spacial score (nSPS) is 18.2. The highest BCUT2D eigenvalue weighted by Crippen LogP contribution is 2.36. The lowest BCUT2D eigenvalue weighted by Crippen LogP contribution is -2.36. The average Bonchev–Trinajstić information content (AvgIpc) is 3.29. The van der Waals surface area contributed by atoms with Gasteiger partial charge in [0.05, 0.1) is 17.3 Å². The Morgan fingerprint density at radius 3 is 2.74 bits per heavy atom. The summed E-state index contributed by atoms with van der Waals surface area (Å²) >= 11 is 6.65. The fourth-order valence-electron chi connectivity index (χ4n) is 5.39. The molecule has 5 rings (SSSR count). The molecule has 0 amide bonds. The van der Waals surface area contributed by atoms with Gasteiger partial charge >= 0.3 is 6.01 Å². The van der Waals surface area contributed by atoms with Gasteiger partial charge in [0, 0.05) is 48.9 Å². The maximum atomic E-state index is 6.65. The van der Waals surface area contributed by atoms with Gasteiger partial charge in [-0.2, -0.15) is 9.97 Å². The largest absolute Gasteiger partial charge is 0.462 e. The van der Waals surface area contributed by atoms with Crippen LogP contribution in [0, 0.1) is 0 Å². The lowest BCUT2D eigenvalue weighted by atomic mass is 10.0. The van der Waals surface area contributed by atoms with Gasteiger partial charge in [-0.05, 0) is 57.3 Å². The van der Waals surface area contributed by atoms with Crippen LogP contribution in [0.15, 0.2) is 36.4 Å². The number of aromatic nitrogens is 2. The first-order valence-corrected chi connectivity index (χ1v) is 13.1. The summed E-state index contributed by atoms with van der Waals surface area (Å²) in [4.78, 5) is 16.8. The van der Waals surface area contributed by atoms with Gasteiger partial charge < -0.3 is 25.2 Å². The van der Waals surface area contributed by atoms with Crippen molar-refractivity contribution in [3.8, 4) is 6.01 Å². The fraction of sp³-hybridized carbons (Fsp3) is 0.481. The third-order valence-electron chi connectivity index (χ3n) is 7.35. The van der Waals surface area contributed by atoms with Gasteiger partial charge in [0.15, 0.2) is 0 Å². The number of nitrogens with zero attached hydrogens (tertiary/aromatic N) is 5. The van der Waals surface area contributed by atoms with Crippen LogP contribution in [0.3, 0.4) is 0 Å². The van der Waals surface area contributed by atoms with Crippen LogP contribution in [-0.4, -0.2) is 67.3 Å². The van der Waals surface area contributed by atoms with E-state index in [0.29, 0.717) is 31.7 Å². The zero-order chi connectivity index (χ0) is 24.4. The fourth-order valence-corrected chi connectivity index (χ4v) is 5.67. The van der Waals surface area contributed by atoms with E-state index >= 15 is 0 Å². The molecule has 2 aliphatic heterocycles. The Bertz CT molecular complexity index is 1180. The number of ether oxygens (including phenoxy) is 1. The van der Waals surface area contributed by atoms with Gasteiger partial charge in [-0.25, -0.2) is 0 Å². The summed E-state index contributed by atoms with van der Waals surface area (Å²) in [7, 11) is 2.16. The monoisotopic (exact) mass is 494 g/mol. The van der Waals surface area contributed by atoms with Crippen LogP contribution >= 0.6 is 11.6 Å². The van der Waals surface area contributed by atoms with Gasteiger partial charge in [0.25, 0.3) is 0 Å². The number of halogens is 1. The van der Waals surface area contributed by atoms with E-state index in [1.54, 1.807) is 0 Å². The number of fused-ring (bicyclic) bond motifs is 2. The standard InChI is InChI=1S/C27H35ClN6O/c1-3-33(16-13-29)26-21-12-15-34(24-11-5-8-19-7-4-10-22(28)25(19)24)17-23(21)30-27(31-26)35-18-20-9-6-14-32(20)2/h4-5,7-8,10-11,20H,3,6,9,12-18,29H2,1-2H3/t20-/m0/s1. The van der Waals surface area contributed by atoms with Crippen LogP contribution in [0.25, 0.3) is 10.8 Å². The van der Waals surface area contributed by atoms with Gasteiger partial charge in [-0.1, -0.05) is 35.9 Å². The van der Waals surface area contributed by atoms with Crippen LogP contribution in [0.5, 0.6) is 6.01 Å². The Hall–Kier alpha value is -2.61. The van der Waals surface area contributed by atoms with Crippen molar-refractivity contribution in [2.45, 2.75) is 38.8 Å². The summed E-state index contributed by atoms with van der Waals surface area (Å²) < 4.78 is 6.21. The molecule has 8 heteroatoms. The SMILES string of the molecule is CCN(CCN)c1nc(OC[C@@H]2CCCN2C)nc2c1CCN(c1cccc3cccc(Cl)c13)C2. The molecule has 0 radical (unpaired) electrons. The highest BCUT2D eigenvalue weighted by Gasteiger charge is 2.27. The molecular weight excluding hydrogens is 460 g/mol. The molecule has 0 aliphatic carbocycles. The third kappa shape index (κ3) is 4.90. The van der Waals surface area contributed by atoms with Crippen LogP contribution in [0.4, 0.5) is 11.5 Å². The van der Waals surface area contributed by atoms with Crippen molar-refractivity contribution in [2.75, 3.05) is 56.2 Å². The lowest BCUT2D eigenvalue weighted by molar-refractivity contribution is 0.187. The first kappa shape index (κ1) is 24.1. The van der Waals surface area contributed by atoms with E-state index in [4.69, 9.17) is 32.0 Å². The number of anilines is 2. The molecule has 0 bridgehead atoms. The van der Waals surface area contributed by atoms with Gasteiger partial charge in [-0.15, -0.1) is 0 Å². The number of likely N-dealkylation sites (N-methyl/N-ethyl adjacent to an activating group) is 2. The summed E-state index contributed by atoms with van der Waals surface area (Å²) in [5.74, 6) is 0.966. The van der Waals surface area contributed by atoms with E-state index in [-0.39, 0.29) is 0 Å². The summed E-state index contributed by atoms with van der Waals surface area (Å²) in [6.07, 6.45) is 3.22. The summed E-state index contributed by atoms with van der Waals surface area (Å²) in [6, 6.07) is 13.3. The maximum Gasteiger partial charge on any atom is 0.318 e. The molecule has 3 aromatic rings. The lowest BCUT2D eigenvalue weighted by Gasteiger charge is -2.34. The summed E-state index contributed by atoms with van der Waals surface area (Å²) in [5, 5.41) is 3.01. The van der Waals surface area contributed by atoms with Crippen molar-refractivity contribution in [2.24, 2.45) is 5.73 Å². The molecule has 0 unspecified atom stereocenters. The topological polar surface area (TPSA) is 70.7 Å². The Morgan fingerprint density at radius 1 is 1.17 bits per heavy atom. The van der Waals surface area contributed by atoms with E-state index in [1.165, 1.54) is 12.0 Å². The number of hydrogen-bond donors (Lipinski definition) is 1. The first-order chi connectivity index (χ1) is 17.1. The Morgan fingerprint density at radius 2 is 2.00 bits per heavy atom. The molecule has 7 nitrogen and oxygen atoms in total. The van der Waals surface area contributed by atoms with Crippen LogP contribution in [-0.2, 0) is 13.0 Å². The minimum Gasteiger partial charge on any atom is -0.462 e. The average molecular weight is 495 g/mol. The van der Waals surface area contributed by atoms with Crippen molar-refractivity contribution in [1.29, 1.82) is 0 Å². The van der Waals surface area contributed by atoms with Crippen molar-refractivity contribution >= 4 is 33.9 Å². The molecule has 1 atom stereocenters. The predicted molar refractivity (Wildman–Crippen MR) is 144 cm³/mol. The van der Waals surface area contributed by atoms with Crippen molar-refractivity contribution in [1.82, 2.24) is 14.9 Å². The first-order valence-electron chi connectivity index (χ1n) is 12.7. The smallest absolute Gasteiger partial charge is 0.318 e. The zero-order valence-corrected chi connectivity index (χ0v) is 21.5. The minimum absolute atomic E-state index is 0.415. The Kier molecular flexibility index (Phi) is 7.27.